The molecule has 0 aliphatic carbocycles. The average molecular weight is 288 g/mol. The van der Waals surface area contributed by atoms with E-state index in [1.54, 1.807) is 0 Å². The summed E-state index contributed by atoms with van der Waals surface area (Å²) >= 11 is 0. The van der Waals surface area contributed by atoms with Gasteiger partial charge in [-0.2, -0.15) is 0 Å². The number of hydrogen-bond donors (Lipinski definition) is 1. The second kappa shape index (κ2) is 7.28. The highest BCUT2D eigenvalue weighted by atomic mass is 19.2. The van der Waals surface area contributed by atoms with Crippen molar-refractivity contribution < 1.29 is 18.0 Å². The van der Waals surface area contributed by atoms with Crippen LogP contribution in [0.4, 0.5) is 13.2 Å². The van der Waals surface area contributed by atoms with Gasteiger partial charge >= 0.3 is 0 Å². The van der Waals surface area contributed by atoms with Gasteiger partial charge in [0.15, 0.2) is 17.5 Å². The van der Waals surface area contributed by atoms with Crippen LogP contribution in [0.1, 0.15) is 37.0 Å². The Labute approximate surface area is 116 Å². The lowest BCUT2D eigenvalue weighted by atomic mass is 10.1. The number of halogens is 3. The van der Waals surface area contributed by atoms with Gasteiger partial charge in [0.2, 0.25) is 0 Å². The van der Waals surface area contributed by atoms with Gasteiger partial charge in [-0.1, -0.05) is 13.8 Å². The van der Waals surface area contributed by atoms with Crippen LogP contribution in [0, 0.1) is 17.5 Å². The molecule has 1 amide bonds. The van der Waals surface area contributed by atoms with E-state index in [1.807, 2.05) is 13.8 Å². The van der Waals surface area contributed by atoms with Gasteiger partial charge in [-0.25, -0.2) is 13.2 Å². The normalized spacial score (nSPS) is 10.9. The van der Waals surface area contributed by atoms with Crippen molar-refractivity contribution >= 4 is 5.91 Å². The summed E-state index contributed by atoms with van der Waals surface area (Å²) in [7, 11) is 0. The molecule has 0 atom stereocenters. The molecule has 2 N–H and O–H groups in total. The van der Waals surface area contributed by atoms with E-state index in [-0.39, 0.29) is 24.7 Å². The average Bonchev–Trinajstić information content (AvgIpc) is 2.43. The summed E-state index contributed by atoms with van der Waals surface area (Å²) in [5, 5.41) is 0. The van der Waals surface area contributed by atoms with Crippen molar-refractivity contribution in [2.45, 2.75) is 32.7 Å². The van der Waals surface area contributed by atoms with Crippen molar-refractivity contribution in [1.82, 2.24) is 4.90 Å². The highest BCUT2D eigenvalue weighted by Gasteiger charge is 2.24. The lowest BCUT2D eigenvalue weighted by molar-refractivity contribution is 0.0673. The Bertz CT molecular complexity index is 452. The van der Waals surface area contributed by atoms with Gasteiger partial charge in [0.1, 0.15) is 0 Å². The van der Waals surface area contributed by atoms with E-state index in [4.69, 9.17) is 5.73 Å². The maximum absolute atomic E-state index is 13.2. The Hall–Kier alpha value is -1.56. The molecule has 6 heteroatoms. The van der Waals surface area contributed by atoms with Gasteiger partial charge in [-0.05, 0) is 25.0 Å². The zero-order valence-electron chi connectivity index (χ0n) is 11.6. The molecule has 0 bridgehead atoms. The van der Waals surface area contributed by atoms with Crippen LogP contribution in [-0.4, -0.2) is 29.9 Å². The standard InChI is InChI=1S/C14H19F3N2O/c1-3-10(4-2)19(6-5-18)14(20)9-7-11(15)13(17)12(16)8-9/h7-8,10H,3-6,18H2,1-2H3. The second-order valence-electron chi connectivity index (χ2n) is 4.51. The number of nitrogens with two attached hydrogens (primary N) is 1. The molecule has 0 aliphatic rings. The largest absolute Gasteiger partial charge is 0.334 e. The zero-order chi connectivity index (χ0) is 15.3. The Morgan fingerprint density at radius 1 is 1.20 bits per heavy atom. The molecule has 3 nitrogen and oxygen atoms in total. The minimum atomic E-state index is -1.57. The summed E-state index contributed by atoms with van der Waals surface area (Å²) in [4.78, 5) is 13.8. The molecule has 0 unspecified atom stereocenters. The van der Waals surface area contributed by atoms with Crippen LogP contribution in [0.3, 0.4) is 0 Å². The van der Waals surface area contributed by atoms with E-state index in [0.29, 0.717) is 25.0 Å². The van der Waals surface area contributed by atoms with Crippen molar-refractivity contribution in [3.8, 4) is 0 Å². The van der Waals surface area contributed by atoms with Gasteiger partial charge in [0.05, 0.1) is 0 Å². The minimum Gasteiger partial charge on any atom is -0.334 e. The molecule has 1 aromatic carbocycles. The van der Waals surface area contributed by atoms with Crippen molar-refractivity contribution in [3.05, 3.63) is 35.1 Å². The predicted octanol–water partition coefficient (Wildman–Crippen LogP) is 2.69. The first kappa shape index (κ1) is 16.5. The van der Waals surface area contributed by atoms with Crippen LogP contribution in [0.2, 0.25) is 0 Å². The molecule has 0 aliphatic heterocycles. The molecule has 20 heavy (non-hydrogen) atoms. The second-order valence-corrected chi connectivity index (χ2v) is 4.51. The summed E-state index contributed by atoms with van der Waals surface area (Å²) in [6, 6.07) is 1.36. The first-order valence-electron chi connectivity index (χ1n) is 6.61. The van der Waals surface area contributed by atoms with E-state index < -0.39 is 23.4 Å². The van der Waals surface area contributed by atoms with E-state index >= 15 is 0 Å². The van der Waals surface area contributed by atoms with E-state index in [2.05, 4.69) is 0 Å². The number of hydrogen-bond acceptors (Lipinski definition) is 2. The van der Waals surface area contributed by atoms with Crippen molar-refractivity contribution in [2.24, 2.45) is 5.73 Å². The lowest BCUT2D eigenvalue weighted by Gasteiger charge is -2.30. The fourth-order valence-corrected chi connectivity index (χ4v) is 2.16. The first-order chi connectivity index (χ1) is 9.46. The van der Waals surface area contributed by atoms with Gasteiger partial charge < -0.3 is 10.6 Å². The van der Waals surface area contributed by atoms with Crippen molar-refractivity contribution in [1.29, 1.82) is 0 Å². The number of carbonyl (C=O) groups excluding carboxylic acids is 1. The van der Waals surface area contributed by atoms with Crippen molar-refractivity contribution in [2.75, 3.05) is 13.1 Å². The molecule has 0 spiro atoms. The SMILES string of the molecule is CCC(CC)N(CCN)C(=O)c1cc(F)c(F)c(F)c1. The monoisotopic (exact) mass is 288 g/mol. The quantitative estimate of drug-likeness (QED) is 0.818. The summed E-state index contributed by atoms with van der Waals surface area (Å²) in [5.41, 5.74) is 5.27. The van der Waals surface area contributed by atoms with Gasteiger partial charge in [0.25, 0.3) is 5.91 Å². The fourth-order valence-electron chi connectivity index (χ4n) is 2.16. The molecule has 1 aromatic rings. The molecule has 0 radical (unpaired) electrons. The maximum Gasteiger partial charge on any atom is 0.254 e. The van der Waals surface area contributed by atoms with Crippen LogP contribution in [0.25, 0.3) is 0 Å². The van der Waals surface area contributed by atoms with E-state index in [9.17, 15) is 18.0 Å². The molecule has 0 heterocycles. The summed E-state index contributed by atoms with van der Waals surface area (Å²) in [6.07, 6.45) is 1.41. The highest BCUT2D eigenvalue weighted by molar-refractivity contribution is 5.94. The Balaban J connectivity index is 3.12. The number of carbonyl (C=O) groups is 1. The summed E-state index contributed by atoms with van der Waals surface area (Å²) in [5.74, 6) is -4.85. The first-order valence-corrected chi connectivity index (χ1v) is 6.61. The Kier molecular flexibility index (Phi) is 6.01. The number of nitrogens with zero attached hydrogens (tertiary/aromatic N) is 1. The smallest absolute Gasteiger partial charge is 0.254 e. The van der Waals surface area contributed by atoms with Crippen LogP contribution >= 0.6 is 0 Å². The van der Waals surface area contributed by atoms with Gasteiger partial charge in [0, 0.05) is 24.7 Å². The molecular formula is C14H19F3N2O. The van der Waals surface area contributed by atoms with Crippen LogP contribution in [-0.2, 0) is 0 Å². The Morgan fingerprint density at radius 2 is 1.70 bits per heavy atom. The molecular weight excluding hydrogens is 269 g/mol. The van der Waals surface area contributed by atoms with E-state index in [1.165, 1.54) is 4.90 Å². The topological polar surface area (TPSA) is 46.3 Å². The Morgan fingerprint density at radius 3 is 2.10 bits per heavy atom. The third-order valence-electron chi connectivity index (χ3n) is 3.24. The highest BCUT2D eigenvalue weighted by Crippen LogP contribution is 2.18. The van der Waals surface area contributed by atoms with Crippen LogP contribution < -0.4 is 5.73 Å². The third-order valence-corrected chi connectivity index (χ3v) is 3.24. The predicted molar refractivity (Wildman–Crippen MR) is 70.8 cm³/mol. The molecule has 0 aromatic heterocycles. The van der Waals surface area contributed by atoms with Crippen molar-refractivity contribution in [3.63, 3.8) is 0 Å². The molecule has 1 rings (SSSR count). The van der Waals surface area contributed by atoms with E-state index in [0.717, 1.165) is 0 Å². The maximum atomic E-state index is 13.2. The molecule has 112 valence electrons. The molecule has 0 saturated carbocycles. The minimum absolute atomic E-state index is 0.0674. The van der Waals surface area contributed by atoms with Crippen LogP contribution in [0.15, 0.2) is 12.1 Å². The molecule has 0 saturated heterocycles. The van der Waals surface area contributed by atoms with Gasteiger partial charge in [-0.3, -0.25) is 4.79 Å². The lowest BCUT2D eigenvalue weighted by Crippen LogP contribution is -2.42. The number of rotatable bonds is 6. The van der Waals surface area contributed by atoms with Crippen LogP contribution in [0.5, 0.6) is 0 Å². The summed E-state index contributed by atoms with van der Waals surface area (Å²) < 4.78 is 39.3. The number of amides is 1. The summed E-state index contributed by atoms with van der Waals surface area (Å²) in [6.45, 7) is 4.35. The number of benzene rings is 1. The fraction of sp³-hybridized carbons (Fsp3) is 0.500. The zero-order valence-corrected chi connectivity index (χ0v) is 11.6. The molecule has 0 fully saturated rings. The van der Waals surface area contributed by atoms with Gasteiger partial charge in [-0.15, -0.1) is 0 Å². The third kappa shape index (κ3) is 3.50.